The first kappa shape index (κ1) is 13.1. The fraction of sp³-hybridized carbons (Fsp3) is 0.643. The number of methoxy groups -OCH3 is 1. The molecule has 4 heteroatoms. The van der Waals surface area contributed by atoms with Crippen molar-refractivity contribution in [2.75, 3.05) is 13.7 Å². The van der Waals surface area contributed by atoms with Crippen molar-refractivity contribution in [3.05, 3.63) is 24.0 Å². The van der Waals surface area contributed by atoms with Gasteiger partial charge in [-0.15, -0.1) is 0 Å². The third kappa shape index (κ3) is 3.35. The van der Waals surface area contributed by atoms with Crippen LogP contribution in [0.2, 0.25) is 0 Å². The van der Waals surface area contributed by atoms with Crippen LogP contribution in [0.5, 0.6) is 0 Å². The Kier molecular flexibility index (Phi) is 4.42. The zero-order valence-corrected chi connectivity index (χ0v) is 11.2. The fourth-order valence-corrected chi connectivity index (χ4v) is 2.24. The topological polar surface area (TPSA) is 43.3 Å². The number of esters is 1. The maximum absolute atomic E-state index is 11.2. The molecule has 0 radical (unpaired) electrons. The lowest BCUT2D eigenvalue weighted by Crippen LogP contribution is -2.23. The molecule has 1 atom stereocenters. The molecule has 1 fully saturated rings. The van der Waals surface area contributed by atoms with E-state index in [0.29, 0.717) is 12.6 Å². The number of carbonyl (C=O) groups excluding carboxylic acids is 1. The van der Waals surface area contributed by atoms with Crippen molar-refractivity contribution in [3.8, 4) is 0 Å². The van der Waals surface area contributed by atoms with Gasteiger partial charge in [0.05, 0.1) is 7.11 Å². The number of nitrogens with zero attached hydrogens (tertiary/aromatic N) is 1. The van der Waals surface area contributed by atoms with Gasteiger partial charge < -0.3 is 14.6 Å². The molecule has 0 spiro atoms. The van der Waals surface area contributed by atoms with Crippen LogP contribution < -0.4 is 5.32 Å². The van der Waals surface area contributed by atoms with E-state index in [2.05, 4.69) is 29.2 Å². The molecule has 0 aliphatic heterocycles. The summed E-state index contributed by atoms with van der Waals surface area (Å²) in [4.78, 5) is 11.2. The van der Waals surface area contributed by atoms with Crippen molar-refractivity contribution in [2.24, 2.45) is 5.92 Å². The average Bonchev–Trinajstić information content (AvgIpc) is 3.11. The van der Waals surface area contributed by atoms with Crippen molar-refractivity contribution in [3.63, 3.8) is 0 Å². The lowest BCUT2D eigenvalue weighted by Gasteiger charge is -2.16. The van der Waals surface area contributed by atoms with Crippen molar-refractivity contribution in [1.29, 1.82) is 0 Å². The van der Waals surface area contributed by atoms with E-state index in [9.17, 15) is 4.79 Å². The molecule has 1 aromatic heterocycles. The van der Waals surface area contributed by atoms with Gasteiger partial charge in [0.25, 0.3) is 0 Å². The first-order valence-electron chi connectivity index (χ1n) is 6.70. The SMILES string of the molecule is CCCNC(c1ccn(CC(=O)OC)c1)C1CC1. The molecule has 2 rings (SSSR count). The molecule has 1 aliphatic carbocycles. The molecule has 0 aromatic carbocycles. The summed E-state index contributed by atoms with van der Waals surface area (Å²) in [5, 5.41) is 3.60. The Labute approximate surface area is 108 Å². The first-order chi connectivity index (χ1) is 8.74. The number of hydrogen-bond acceptors (Lipinski definition) is 3. The highest BCUT2D eigenvalue weighted by atomic mass is 16.5. The van der Waals surface area contributed by atoms with Gasteiger partial charge in [0.1, 0.15) is 6.54 Å². The number of hydrogen-bond donors (Lipinski definition) is 1. The Balaban J connectivity index is 1.99. The minimum absolute atomic E-state index is 0.207. The van der Waals surface area contributed by atoms with Crippen LogP contribution in [-0.2, 0) is 16.1 Å². The minimum atomic E-state index is -0.207. The monoisotopic (exact) mass is 250 g/mol. The van der Waals surface area contributed by atoms with Crippen LogP contribution in [0, 0.1) is 5.92 Å². The van der Waals surface area contributed by atoms with Crippen molar-refractivity contribution < 1.29 is 9.53 Å². The van der Waals surface area contributed by atoms with E-state index in [4.69, 9.17) is 0 Å². The van der Waals surface area contributed by atoms with Crippen molar-refractivity contribution in [2.45, 2.75) is 38.8 Å². The van der Waals surface area contributed by atoms with Gasteiger partial charge in [-0.05, 0) is 43.4 Å². The van der Waals surface area contributed by atoms with E-state index in [1.54, 1.807) is 0 Å². The molecular weight excluding hydrogens is 228 g/mol. The van der Waals surface area contributed by atoms with E-state index in [-0.39, 0.29) is 5.97 Å². The average molecular weight is 250 g/mol. The Bertz CT molecular complexity index is 396. The summed E-state index contributed by atoms with van der Waals surface area (Å²) >= 11 is 0. The van der Waals surface area contributed by atoms with Crippen LogP contribution in [0.4, 0.5) is 0 Å². The molecule has 1 saturated carbocycles. The molecule has 0 bridgehead atoms. The van der Waals surface area contributed by atoms with Gasteiger partial charge in [-0.3, -0.25) is 4.79 Å². The van der Waals surface area contributed by atoms with Crippen LogP contribution >= 0.6 is 0 Å². The van der Waals surface area contributed by atoms with Gasteiger partial charge >= 0.3 is 5.97 Å². The third-order valence-corrected chi connectivity index (χ3v) is 3.38. The maximum Gasteiger partial charge on any atom is 0.325 e. The number of carbonyl (C=O) groups is 1. The zero-order chi connectivity index (χ0) is 13.0. The summed E-state index contributed by atoms with van der Waals surface area (Å²) in [6.45, 7) is 3.52. The van der Waals surface area contributed by atoms with Gasteiger partial charge in [-0.2, -0.15) is 0 Å². The summed E-state index contributed by atoms with van der Waals surface area (Å²) in [5.74, 6) is 0.562. The smallest absolute Gasteiger partial charge is 0.325 e. The van der Waals surface area contributed by atoms with Gasteiger partial charge in [-0.25, -0.2) is 0 Å². The molecule has 1 heterocycles. The molecule has 1 aliphatic rings. The second kappa shape index (κ2) is 6.05. The molecule has 18 heavy (non-hydrogen) atoms. The largest absolute Gasteiger partial charge is 0.468 e. The van der Waals surface area contributed by atoms with Crippen LogP contribution in [0.3, 0.4) is 0 Å². The third-order valence-electron chi connectivity index (χ3n) is 3.38. The summed E-state index contributed by atoms with van der Waals surface area (Å²) in [7, 11) is 1.42. The number of rotatable bonds is 7. The molecule has 1 aromatic rings. The number of ether oxygens (including phenoxy) is 1. The van der Waals surface area contributed by atoms with E-state index in [0.717, 1.165) is 18.9 Å². The standard InChI is InChI=1S/C14H22N2O2/c1-3-7-15-14(11-4-5-11)12-6-8-16(9-12)10-13(17)18-2/h6,8-9,11,14-15H,3-5,7,10H2,1-2H3. The minimum Gasteiger partial charge on any atom is -0.468 e. The number of nitrogens with one attached hydrogen (secondary N) is 1. The second-order valence-electron chi connectivity index (χ2n) is 4.96. The molecule has 4 nitrogen and oxygen atoms in total. The van der Waals surface area contributed by atoms with Crippen LogP contribution in [0.25, 0.3) is 0 Å². The summed E-state index contributed by atoms with van der Waals surface area (Å²) < 4.78 is 6.57. The Morgan fingerprint density at radius 2 is 2.39 bits per heavy atom. The summed E-state index contributed by atoms with van der Waals surface area (Å²) in [6.07, 6.45) is 7.77. The predicted molar refractivity (Wildman–Crippen MR) is 70.2 cm³/mol. The van der Waals surface area contributed by atoms with Crippen molar-refractivity contribution >= 4 is 5.97 Å². The van der Waals surface area contributed by atoms with E-state index in [1.165, 1.54) is 25.5 Å². The van der Waals surface area contributed by atoms with E-state index >= 15 is 0 Å². The zero-order valence-electron chi connectivity index (χ0n) is 11.2. The maximum atomic E-state index is 11.2. The molecule has 100 valence electrons. The van der Waals surface area contributed by atoms with Gasteiger partial charge in [0.2, 0.25) is 0 Å². The summed E-state index contributed by atoms with van der Waals surface area (Å²) in [6, 6.07) is 2.55. The lowest BCUT2D eigenvalue weighted by atomic mass is 10.1. The van der Waals surface area contributed by atoms with Crippen molar-refractivity contribution in [1.82, 2.24) is 9.88 Å². The van der Waals surface area contributed by atoms with Crippen LogP contribution in [0.15, 0.2) is 18.5 Å². The molecule has 1 N–H and O–H groups in total. The first-order valence-corrected chi connectivity index (χ1v) is 6.70. The Hall–Kier alpha value is -1.29. The van der Waals surface area contributed by atoms with Gasteiger partial charge in [0.15, 0.2) is 0 Å². The normalized spacial score (nSPS) is 16.6. The van der Waals surface area contributed by atoms with Gasteiger partial charge in [0, 0.05) is 18.4 Å². The Morgan fingerprint density at radius 1 is 1.61 bits per heavy atom. The summed E-state index contributed by atoms with van der Waals surface area (Å²) in [5.41, 5.74) is 1.29. The predicted octanol–water partition coefficient (Wildman–Crippen LogP) is 2.11. The van der Waals surface area contributed by atoms with Crippen LogP contribution in [0.1, 0.15) is 37.8 Å². The fourth-order valence-electron chi connectivity index (χ4n) is 2.24. The molecule has 0 amide bonds. The lowest BCUT2D eigenvalue weighted by molar-refractivity contribution is -0.141. The molecule has 1 unspecified atom stereocenters. The molecular formula is C14H22N2O2. The molecule has 0 saturated heterocycles. The quantitative estimate of drug-likeness (QED) is 0.754. The van der Waals surface area contributed by atoms with E-state index < -0.39 is 0 Å². The van der Waals surface area contributed by atoms with Gasteiger partial charge in [-0.1, -0.05) is 6.92 Å². The van der Waals surface area contributed by atoms with E-state index in [1.807, 2.05) is 10.8 Å². The second-order valence-corrected chi connectivity index (χ2v) is 4.96. The highest BCUT2D eigenvalue weighted by Crippen LogP contribution is 2.41. The van der Waals surface area contributed by atoms with Crippen LogP contribution in [-0.4, -0.2) is 24.2 Å². The number of aromatic nitrogens is 1. The highest BCUT2D eigenvalue weighted by molar-refractivity contribution is 5.68. The highest BCUT2D eigenvalue weighted by Gasteiger charge is 2.32. The Morgan fingerprint density at radius 3 is 3.00 bits per heavy atom.